The highest BCUT2D eigenvalue weighted by molar-refractivity contribution is 14.1. The second-order valence-electron chi connectivity index (χ2n) is 8.55. The Morgan fingerprint density at radius 3 is 2.62 bits per heavy atom. The number of carbonyl (C=O) groups excluding carboxylic acids is 1. The maximum absolute atomic E-state index is 13.8. The van der Waals surface area contributed by atoms with Crippen molar-refractivity contribution in [1.29, 1.82) is 0 Å². The van der Waals surface area contributed by atoms with Gasteiger partial charge < -0.3 is 9.47 Å². The predicted octanol–water partition coefficient (Wildman–Crippen LogP) is 6.30. The van der Waals surface area contributed by atoms with Crippen molar-refractivity contribution in [2.75, 3.05) is 6.61 Å². The fourth-order valence-electron chi connectivity index (χ4n) is 4.24. The fourth-order valence-corrected chi connectivity index (χ4v) is 8.45. The van der Waals surface area contributed by atoms with Gasteiger partial charge >= 0.3 is 5.97 Å². The molecule has 0 bridgehead atoms. The van der Waals surface area contributed by atoms with Crippen molar-refractivity contribution in [2.24, 2.45) is 4.99 Å². The van der Waals surface area contributed by atoms with Crippen LogP contribution < -0.4 is 19.6 Å². The zero-order valence-corrected chi connectivity index (χ0v) is 27.4. The molecule has 1 aliphatic heterocycles. The molecule has 0 amide bonds. The predicted molar refractivity (Wildman–Crippen MR) is 172 cm³/mol. The molecule has 39 heavy (non-hydrogen) atoms. The highest BCUT2D eigenvalue weighted by atomic mass is 127. The number of aromatic nitrogens is 1. The van der Waals surface area contributed by atoms with E-state index >= 15 is 0 Å². The van der Waals surface area contributed by atoms with Crippen molar-refractivity contribution in [1.82, 2.24) is 4.57 Å². The average Bonchev–Trinajstić information content (AvgIpc) is 3.51. The lowest BCUT2D eigenvalue weighted by molar-refractivity contribution is -0.139. The van der Waals surface area contributed by atoms with Crippen LogP contribution in [0.1, 0.15) is 35.9 Å². The van der Waals surface area contributed by atoms with Gasteiger partial charge in [0.25, 0.3) is 5.56 Å². The minimum atomic E-state index is -0.579. The van der Waals surface area contributed by atoms with Crippen LogP contribution in [0.15, 0.2) is 75.0 Å². The summed E-state index contributed by atoms with van der Waals surface area (Å²) in [6.45, 7) is 4.19. The van der Waals surface area contributed by atoms with Crippen LogP contribution in [-0.2, 0) is 16.1 Å². The lowest BCUT2D eigenvalue weighted by atomic mass is 10.0. The van der Waals surface area contributed by atoms with Crippen LogP contribution in [-0.4, -0.2) is 17.1 Å². The molecule has 0 spiro atoms. The quantitative estimate of drug-likeness (QED) is 0.163. The minimum absolute atomic E-state index is 0.197. The van der Waals surface area contributed by atoms with E-state index in [0.29, 0.717) is 32.2 Å². The van der Waals surface area contributed by atoms with E-state index in [-0.39, 0.29) is 12.2 Å². The van der Waals surface area contributed by atoms with Crippen LogP contribution in [0.5, 0.6) is 5.75 Å². The van der Waals surface area contributed by atoms with E-state index in [4.69, 9.17) is 21.1 Å². The standard InChI is InChI=1S/C28H21ClI2N2O4S2/c1-3-36-27(35)23-15(2)32-28-33(24(23)21-8-5-9-38-21)26(34)22(39-28)13-17-11-19(30)25(20(31)12-17)37-14-16-6-4-7-18(29)10-16/h4-13,24H,3,14H2,1-2H3/b22-13-/t24-/m1/s1. The van der Waals surface area contributed by atoms with Gasteiger partial charge in [0.15, 0.2) is 4.80 Å². The van der Waals surface area contributed by atoms with E-state index in [1.807, 2.05) is 60.0 Å². The van der Waals surface area contributed by atoms with Crippen molar-refractivity contribution in [3.8, 4) is 5.75 Å². The molecule has 6 nitrogen and oxygen atoms in total. The van der Waals surface area contributed by atoms with Crippen LogP contribution in [0.25, 0.3) is 6.08 Å². The number of nitrogens with zero attached hydrogens (tertiary/aromatic N) is 2. The van der Waals surface area contributed by atoms with Gasteiger partial charge in [-0.1, -0.05) is 41.1 Å². The number of fused-ring (bicyclic) bond motifs is 1. The van der Waals surface area contributed by atoms with Gasteiger partial charge in [-0.3, -0.25) is 9.36 Å². The zero-order valence-electron chi connectivity index (χ0n) is 20.7. The Hall–Kier alpha value is -2.00. The topological polar surface area (TPSA) is 69.9 Å². The van der Waals surface area contributed by atoms with Gasteiger partial charge in [-0.05, 0) is 112 Å². The number of ether oxygens (including phenoxy) is 2. The summed E-state index contributed by atoms with van der Waals surface area (Å²) in [5.41, 5.74) is 2.61. The summed E-state index contributed by atoms with van der Waals surface area (Å²) in [4.78, 5) is 32.7. The Morgan fingerprint density at radius 1 is 1.18 bits per heavy atom. The third kappa shape index (κ3) is 6.04. The van der Waals surface area contributed by atoms with Crippen molar-refractivity contribution >= 4 is 91.5 Å². The Bertz CT molecular complexity index is 1750. The molecule has 1 aliphatic rings. The summed E-state index contributed by atoms with van der Waals surface area (Å²) >= 11 is 13.4. The van der Waals surface area contributed by atoms with E-state index < -0.39 is 12.0 Å². The largest absolute Gasteiger partial charge is 0.487 e. The first-order chi connectivity index (χ1) is 18.8. The lowest BCUT2D eigenvalue weighted by Crippen LogP contribution is -2.39. The molecule has 0 saturated heterocycles. The SMILES string of the molecule is CCOC(=O)C1=C(C)N=c2s/c(=C\c3cc(I)c(OCc4cccc(Cl)c4)c(I)c3)c(=O)n2[C@@H]1c1cccs1. The first-order valence-electron chi connectivity index (χ1n) is 11.9. The molecular weight excluding hydrogens is 782 g/mol. The Morgan fingerprint density at radius 2 is 1.95 bits per heavy atom. The molecule has 0 N–H and O–H groups in total. The molecule has 0 fully saturated rings. The molecule has 2 aromatic heterocycles. The Labute approximate surface area is 264 Å². The summed E-state index contributed by atoms with van der Waals surface area (Å²) in [6, 6.07) is 14.8. The van der Waals surface area contributed by atoms with Gasteiger partial charge in [0.05, 0.1) is 29.5 Å². The van der Waals surface area contributed by atoms with Gasteiger partial charge in [0.2, 0.25) is 0 Å². The molecule has 2 aromatic carbocycles. The second-order valence-corrected chi connectivity index (χ2v) is 13.3. The molecule has 3 heterocycles. The number of carbonyl (C=O) groups is 1. The molecule has 11 heteroatoms. The summed E-state index contributed by atoms with van der Waals surface area (Å²) in [5.74, 6) is 0.325. The van der Waals surface area contributed by atoms with Crippen molar-refractivity contribution < 1.29 is 14.3 Å². The van der Waals surface area contributed by atoms with Crippen LogP contribution in [0, 0.1) is 7.14 Å². The van der Waals surface area contributed by atoms with Crippen LogP contribution in [0.4, 0.5) is 0 Å². The van der Waals surface area contributed by atoms with Gasteiger partial charge in [-0.25, -0.2) is 9.79 Å². The van der Waals surface area contributed by atoms with Crippen molar-refractivity contribution in [3.05, 3.63) is 113 Å². The number of esters is 1. The number of hydrogen-bond donors (Lipinski definition) is 0. The first-order valence-corrected chi connectivity index (χ1v) is 16.1. The van der Waals surface area contributed by atoms with Crippen molar-refractivity contribution in [3.63, 3.8) is 0 Å². The van der Waals surface area contributed by atoms with Crippen LogP contribution >= 0.6 is 79.5 Å². The normalized spacial score (nSPS) is 15.2. The molecule has 5 rings (SSSR count). The zero-order chi connectivity index (χ0) is 27.7. The molecule has 1 atom stereocenters. The monoisotopic (exact) mass is 802 g/mol. The molecular formula is C28H21ClI2N2O4S2. The van der Waals surface area contributed by atoms with E-state index in [0.717, 1.165) is 28.9 Å². The van der Waals surface area contributed by atoms with Crippen LogP contribution in [0.3, 0.4) is 0 Å². The number of rotatable bonds is 7. The molecule has 4 aromatic rings. The van der Waals surface area contributed by atoms with E-state index in [1.54, 1.807) is 18.4 Å². The lowest BCUT2D eigenvalue weighted by Gasteiger charge is -2.23. The number of hydrogen-bond acceptors (Lipinski definition) is 7. The van der Waals surface area contributed by atoms with Gasteiger partial charge in [-0.15, -0.1) is 11.3 Å². The van der Waals surface area contributed by atoms with Crippen LogP contribution in [0.2, 0.25) is 5.02 Å². The number of benzene rings is 2. The molecule has 0 saturated carbocycles. The number of allylic oxidation sites excluding steroid dienone is 1. The smallest absolute Gasteiger partial charge is 0.338 e. The van der Waals surface area contributed by atoms with Gasteiger partial charge in [0.1, 0.15) is 18.4 Å². The summed E-state index contributed by atoms with van der Waals surface area (Å²) in [5, 5.41) is 2.60. The van der Waals surface area contributed by atoms with E-state index in [2.05, 4.69) is 50.2 Å². The average molecular weight is 803 g/mol. The Kier molecular flexibility index (Phi) is 8.96. The fraction of sp³-hybridized carbons (Fsp3) is 0.179. The second kappa shape index (κ2) is 12.2. The highest BCUT2D eigenvalue weighted by Crippen LogP contribution is 2.33. The third-order valence-corrected chi connectivity index (χ3v) is 9.67. The summed E-state index contributed by atoms with van der Waals surface area (Å²) < 4.78 is 15.5. The first kappa shape index (κ1) is 28.5. The third-order valence-electron chi connectivity index (χ3n) is 5.92. The molecule has 0 radical (unpaired) electrons. The summed E-state index contributed by atoms with van der Waals surface area (Å²) in [7, 11) is 0. The minimum Gasteiger partial charge on any atom is -0.487 e. The maximum atomic E-state index is 13.8. The number of thiophene rings is 1. The maximum Gasteiger partial charge on any atom is 0.338 e. The Balaban J connectivity index is 1.53. The van der Waals surface area contributed by atoms with E-state index in [1.165, 1.54) is 22.7 Å². The number of thiazole rings is 1. The highest BCUT2D eigenvalue weighted by Gasteiger charge is 2.33. The molecule has 200 valence electrons. The van der Waals surface area contributed by atoms with E-state index in [9.17, 15) is 9.59 Å². The number of halogens is 3. The summed E-state index contributed by atoms with van der Waals surface area (Å²) in [6.07, 6.45) is 1.86. The van der Waals surface area contributed by atoms with Gasteiger partial charge in [-0.2, -0.15) is 0 Å². The van der Waals surface area contributed by atoms with Gasteiger partial charge in [0, 0.05) is 9.90 Å². The van der Waals surface area contributed by atoms with Crippen molar-refractivity contribution in [2.45, 2.75) is 26.5 Å². The molecule has 0 aliphatic carbocycles. The molecule has 0 unspecified atom stereocenters.